The van der Waals surface area contributed by atoms with Gasteiger partial charge in [-0.2, -0.15) is 0 Å². The number of benzene rings is 15. The van der Waals surface area contributed by atoms with Crippen LogP contribution in [0.5, 0.6) is 0 Å². The van der Waals surface area contributed by atoms with E-state index in [1.54, 1.807) is 12.4 Å². The molecule has 144 heavy (non-hydrogen) atoms. The van der Waals surface area contributed by atoms with Gasteiger partial charge in [0.05, 0.1) is 5.39 Å². The van der Waals surface area contributed by atoms with Crippen molar-refractivity contribution in [1.29, 1.82) is 0 Å². The highest BCUT2D eigenvalue weighted by Gasteiger charge is 2.21. The molecule has 0 bridgehead atoms. The van der Waals surface area contributed by atoms with Crippen molar-refractivity contribution in [2.24, 2.45) is 0 Å². The van der Waals surface area contributed by atoms with Crippen molar-refractivity contribution < 1.29 is 39.8 Å². The predicted molar refractivity (Wildman–Crippen MR) is 604 cm³/mol. The van der Waals surface area contributed by atoms with Gasteiger partial charge in [0, 0.05) is 111 Å². The van der Waals surface area contributed by atoms with Gasteiger partial charge in [-0.1, -0.05) is 331 Å². The Kier molecular flexibility index (Phi) is 28.5. The summed E-state index contributed by atoms with van der Waals surface area (Å²) in [5.41, 5.74) is 30.1. The molecule has 12 aromatic heterocycles. The van der Waals surface area contributed by atoms with Crippen molar-refractivity contribution in [3.8, 4) is 0 Å². The lowest BCUT2D eigenvalue weighted by Crippen LogP contribution is -1.87. The smallest absolute Gasteiger partial charge is 0.227 e. The van der Waals surface area contributed by atoms with Crippen molar-refractivity contribution in [2.75, 3.05) is 0 Å². The van der Waals surface area contributed by atoms with Crippen LogP contribution in [-0.2, 0) is 0 Å². The first-order valence-corrected chi connectivity index (χ1v) is 50.6. The molecule has 12 heterocycles. The third kappa shape index (κ3) is 20.2. The van der Waals surface area contributed by atoms with Crippen LogP contribution in [0, 0.1) is 0 Å². The van der Waals surface area contributed by atoms with Crippen molar-refractivity contribution in [3.63, 3.8) is 0 Å². The molecule has 0 spiro atoms. The lowest BCUT2D eigenvalue weighted by Gasteiger charge is -2.06. The second-order valence-corrected chi connectivity index (χ2v) is 40.0. The summed E-state index contributed by atoms with van der Waals surface area (Å²) in [5, 5.41) is 20.4. The minimum atomic E-state index is 0.478. The van der Waals surface area contributed by atoms with E-state index in [-0.39, 0.29) is 0 Å². The fourth-order valence-corrected chi connectivity index (χ4v) is 19.2. The zero-order valence-electron chi connectivity index (χ0n) is 85.4. The molecule has 0 fully saturated rings. The number of hydrogen-bond acceptors (Lipinski definition) is 12. The lowest BCUT2D eigenvalue weighted by atomic mass is 9.97. The van der Waals surface area contributed by atoms with Crippen molar-refractivity contribution in [2.45, 2.75) is 178 Å². The van der Waals surface area contributed by atoms with Crippen LogP contribution < -0.4 is 0 Å². The maximum atomic E-state index is 5.94. The SMILES string of the molecule is CC(C)c1ccc2c(c1)oc1ccccc12.CC(C)c1ccc2c(c1)oc1ccccc12.CC(C)c1ccc2oc3ccccc3c2c1.CC(C)c1ccc2oc3ccccc3c2c1.CC(C)c1ccc2oc3ncccc3c2c1.CC(C)c1cccc2c1oc1ccccc12.CC(C)c1cccc2oc3ccccc3c12.CC(C)c1cccc2oc3cccnc3c12.CC(C)c1cccc2oc3ccncc3c12. The molecule has 0 aliphatic carbocycles. The van der Waals surface area contributed by atoms with Gasteiger partial charge < -0.3 is 39.8 Å². The summed E-state index contributed by atoms with van der Waals surface area (Å²) in [4.78, 5) is 12.8. The summed E-state index contributed by atoms with van der Waals surface area (Å²) in [5.74, 6) is 4.70. The number of fused-ring (bicyclic) bond motifs is 27. The normalized spacial score (nSPS) is 11.7. The van der Waals surface area contributed by atoms with Gasteiger partial charge in [0.15, 0.2) is 5.58 Å². The molecular weight excluding hydrogens is 1770 g/mol. The van der Waals surface area contributed by atoms with E-state index in [2.05, 4.69) is 334 Å². The maximum absolute atomic E-state index is 5.94. The standard InChI is InChI=1S/6C15H14O.3C14H13NO/c1-10(2)11-7-5-8-13-12-6-3-4-9-14(12)16-15(11)13;1-10(2)11-7-5-9-14-15(11)12-6-3-4-8-13(12)16-14;2*1-10(2)11-7-8-15-13(9-11)12-5-3-4-6-14(12)16-15;2*1-10(2)11-7-8-13-12-5-3-4-6-14(12)16-15(13)9-11;1-9(2)10-5-3-6-11-13(10)14-12(16-11)7-4-8-15-14;1-9(2)10-5-6-13-12(8-10)11-4-3-7-15-14(11)16-13;1-9(2)10-4-3-5-13-14(10)11-8-15-7-6-12(11)16-13/h6*3-10H,1-2H3;3*3-9H,1-2H3. The van der Waals surface area contributed by atoms with Crippen LogP contribution in [0.3, 0.4) is 0 Å². The van der Waals surface area contributed by atoms with Gasteiger partial charge >= 0.3 is 0 Å². The highest BCUT2D eigenvalue weighted by atomic mass is 16.4. The van der Waals surface area contributed by atoms with E-state index in [0.717, 1.165) is 128 Å². The molecule has 720 valence electrons. The van der Waals surface area contributed by atoms with E-state index >= 15 is 0 Å². The number of pyridine rings is 3. The molecule has 12 heteroatoms. The van der Waals surface area contributed by atoms with E-state index in [4.69, 9.17) is 39.8 Å². The molecule has 0 saturated carbocycles. The molecule has 0 aliphatic rings. The van der Waals surface area contributed by atoms with Gasteiger partial charge in [-0.05, 0) is 237 Å². The third-order valence-electron chi connectivity index (χ3n) is 27.2. The van der Waals surface area contributed by atoms with Gasteiger partial charge in [-0.3, -0.25) is 9.97 Å². The second-order valence-electron chi connectivity index (χ2n) is 40.0. The van der Waals surface area contributed by atoms with Gasteiger partial charge in [0.1, 0.15) is 94.8 Å². The average Bonchev–Trinajstić information content (AvgIpc) is 1.61. The largest absolute Gasteiger partial charge is 0.456 e. The van der Waals surface area contributed by atoms with E-state index in [1.165, 1.54) is 120 Å². The second kappa shape index (κ2) is 42.4. The minimum absolute atomic E-state index is 0.478. The molecule has 0 aliphatic heterocycles. The van der Waals surface area contributed by atoms with E-state index < -0.39 is 0 Å². The fourth-order valence-electron chi connectivity index (χ4n) is 19.2. The monoisotopic (exact) mass is 1890 g/mol. The summed E-state index contributed by atoms with van der Waals surface area (Å²) in [6, 6.07) is 116. The first-order valence-electron chi connectivity index (χ1n) is 50.6. The molecule has 0 saturated heterocycles. The Labute approximate surface area is 839 Å². The first kappa shape index (κ1) is 96.8. The summed E-state index contributed by atoms with van der Waals surface area (Å²) < 4.78 is 52.3. The molecule has 0 unspecified atom stereocenters. The van der Waals surface area contributed by atoms with Crippen molar-refractivity contribution in [3.05, 3.63) is 415 Å². The summed E-state index contributed by atoms with van der Waals surface area (Å²) in [6.45, 7) is 39.6. The van der Waals surface area contributed by atoms with E-state index in [9.17, 15) is 0 Å². The Bertz CT molecular complexity index is 8470. The highest BCUT2D eigenvalue weighted by Crippen LogP contribution is 2.42. The Morgan fingerprint density at radius 3 is 0.910 bits per heavy atom. The molecule has 0 N–H and O–H groups in total. The number of nitrogens with zero attached hydrogens (tertiary/aromatic N) is 3. The van der Waals surface area contributed by atoms with E-state index in [0.29, 0.717) is 53.3 Å². The topological polar surface area (TPSA) is 157 Å². The quantitative estimate of drug-likeness (QED) is 0.135. The van der Waals surface area contributed by atoms with Crippen LogP contribution >= 0.6 is 0 Å². The zero-order chi connectivity index (χ0) is 100. The predicted octanol–water partition coefficient (Wildman–Crippen LogP) is 40.6. The van der Waals surface area contributed by atoms with Crippen molar-refractivity contribution in [1.82, 2.24) is 15.0 Å². The van der Waals surface area contributed by atoms with Crippen LogP contribution in [0.25, 0.3) is 198 Å². The Balaban J connectivity index is 0.000000103. The van der Waals surface area contributed by atoms with Crippen molar-refractivity contribution >= 4 is 198 Å². The molecule has 0 atom stereocenters. The number of furan rings is 9. The third-order valence-corrected chi connectivity index (χ3v) is 27.2. The van der Waals surface area contributed by atoms with Crippen LogP contribution in [0.15, 0.2) is 404 Å². The molecule has 27 rings (SSSR count). The van der Waals surface area contributed by atoms with Crippen LogP contribution in [0.1, 0.15) is 228 Å². The van der Waals surface area contributed by atoms with Gasteiger partial charge in [0.25, 0.3) is 0 Å². The molecule has 0 radical (unpaired) electrons. The molecule has 0 amide bonds. The number of para-hydroxylation sites is 7. The summed E-state index contributed by atoms with van der Waals surface area (Å²) in [6.07, 6.45) is 7.22. The van der Waals surface area contributed by atoms with Gasteiger partial charge in [-0.25, -0.2) is 4.98 Å². The zero-order valence-corrected chi connectivity index (χ0v) is 85.4. The first-order chi connectivity index (χ1) is 69.9. The molecule has 12 nitrogen and oxygen atoms in total. The average molecular weight is 1900 g/mol. The number of aromatic nitrogens is 3. The van der Waals surface area contributed by atoms with Crippen LogP contribution in [0.4, 0.5) is 0 Å². The van der Waals surface area contributed by atoms with Gasteiger partial charge in [-0.15, -0.1) is 0 Å². The highest BCUT2D eigenvalue weighted by molar-refractivity contribution is 6.12. The van der Waals surface area contributed by atoms with Crippen LogP contribution in [-0.4, -0.2) is 15.0 Å². The fraction of sp³-hybridized carbons (Fsp3) is 0.205. The summed E-state index contributed by atoms with van der Waals surface area (Å²) >= 11 is 0. The Morgan fingerprint density at radius 2 is 0.451 bits per heavy atom. The lowest BCUT2D eigenvalue weighted by molar-refractivity contribution is 0.653. The van der Waals surface area contributed by atoms with E-state index in [1.807, 2.05) is 158 Å². The Morgan fingerprint density at radius 1 is 0.167 bits per heavy atom. The number of rotatable bonds is 9. The minimum Gasteiger partial charge on any atom is -0.456 e. The number of hydrogen-bond donors (Lipinski definition) is 0. The Hall–Kier alpha value is -16.1. The maximum Gasteiger partial charge on any atom is 0.227 e. The summed E-state index contributed by atoms with van der Waals surface area (Å²) in [7, 11) is 0. The van der Waals surface area contributed by atoms with Crippen LogP contribution in [0.2, 0.25) is 0 Å². The molecule has 15 aromatic carbocycles. The van der Waals surface area contributed by atoms with Gasteiger partial charge in [0.2, 0.25) is 5.71 Å². The molecule has 27 aromatic rings. The molecular formula is C132H123N3O9.